The predicted octanol–water partition coefficient (Wildman–Crippen LogP) is 3.71. The van der Waals surface area contributed by atoms with Crippen LogP contribution in [0.1, 0.15) is 24.0 Å². The fraction of sp³-hybridized carbons (Fsp3) is 0.312. The van der Waals surface area contributed by atoms with Crippen molar-refractivity contribution in [3.63, 3.8) is 0 Å². The van der Waals surface area contributed by atoms with Gasteiger partial charge in [-0.3, -0.25) is 0 Å². The van der Waals surface area contributed by atoms with Crippen molar-refractivity contribution in [3.8, 4) is 11.6 Å². The zero-order valence-corrected chi connectivity index (χ0v) is 11.7. The first-order chi connectivity index (χ1) is 10.1. The summed E-state index contributed by atoms with van der Waals surface area (Å²) in [5, 5.41) is 3.25. The molecule has 0 atom stereocenters. The molecule has 1 aromatic heterocycles. The van der Waals surface area contributed by atoms with Gasteiger partial charge in [0, 0.05) is 24.3 Å². The largest absolute Gasteiger partial charge is 0.436 e. The molecule has 0 spiro atoms. The summed E-state index contributed by atoms with van der Waals surface area (Å²) in [4.78, 5) is 3.91. The highest BCUT2D eigenvalue weighted by molar-refractivity contribution is 5.33. The summed E-state index contributed by atoms with van der Waals surface area (Å²) in [5.74, 6) is -0.519. The van der Waals surface area contributed by atoms with E-state index in [0.29, 0.717) is 29.5 Å². The highest BCUT2D eigenvalue weighted by Crippen LogP contribution is 2.26. The summed E-state index contributed by atoms with van der Waals surface area (Å²) in [6, 6.07) is 6.40. The van der Waals surface area contributed by atoms with Crippen LogP contribution in [0.3, 0.4) is 0 Å². The molecule has 0 amide bonds. The van der Waals surface area contributed by atoms with Crippen molar-refractivity contribution >= 4 is 0 Å². The monoisotopic (exact) mass is 290 g/mol. The summed E-state index contributed by atoms with van der Waals surface area (Å²) in [7, 11) is 0. The number of rotatable bonds is 5. The van der Waals surface area contributed by atoms with Crippen LogP contribution in [-0.2, 0) is 6.54 Å². The van der Waals surface area contributed by atoms with E-state index >= 15 is 0 Å². The first-order valence-electron chi connectivity index (χ1n) is 6.94. The van der Waals surface area contributed by atoms with E-state index in [9.17, 15) is 8.78 Å². The maximum absolute atomic E-state index is 14.3. The number of aromatic nitrogens is 1. The van der Waals surface area contributed by atoms with Gasteiger partial charge in [0.15, 0.2) is 5.82 Å². The Morgan fingerprint density at radius 1 is 1.29 bits per heavy atom. The first kappa shape index (κ1) is 13.9. The molecule has 1 saturated carbocycles. The van der Waals surface area contributed by atoms with Crippen molar-refractivity contribution in [2.24, 2.45) is 0 Å². The number of hydrogen-bond donors (Lipinski definition) is 1. The second kappa shape index (κ2) is 5.77. The van der Waals surface area contributed by atoms with Crippen molar-refractivity contribution in [1.29, 1.82) is 0 Å². The van der Waals surface area contributed by atoms with Crippen LogP contribution in [0.2, 0.25) is 0 Å². The molecule has 0 unspecified atom stereocenters. The van der Waals surface area contributed by atoms with Gasteiger partial charge in [0.25, 0.3) is 5.88 Å². The number of pyridine rings is 1. The molecule has 21 heavy (non-hydrogen) atoms. The van der Waals surface area contributed by atoms with E-state index in [1.165, 1.54) is 24.4 Å². The zero-order valence-electron chi connectivity index (χ0n) is 11.7. The molecule has 1 aliphatic carbocycles. The zero-order chi connectivity index (χ0) is 14.8. The van der Waals surface area contributed by atoms with Gasteiger partial charge in [-0.1, -0.05) is 0 Å². The Morgan fingerprint density at radius 2 is 2.10 bits per heavy atom. The molecule has 5 heteroatoms. The van der Waals surface area contributed by atoms with E-state index in [2.05, 4.69) is 10.3 Å². The summed E-state index contributed by atoms with van der Waals surface area (Å²) in [6.07, 6.45) is 3.80. The minimum Gasteiger partial charge on any atom is -0.436 e. The summed E-state index contributed by atoms with van der Waals surface area (Å²) >= 11 is 0. The first-order valence-corrected chi connectivity index (χ1v) is 6.94. The molecule has 1 N–H and O–H groups in total. The minimum absolute atomic E-state index is 0.0869. The Balaban J connectivity index is 1.77. The van der Waals surface area contributed by atoms with Crippen LogP contribution in [-0.4, -0.2) is 11.0 Å². The maximum Gasteiger partial charge on any atom is 0.256 e. The normalized spacial score (nSPS) is 14.2. The van der Waals surface area contributed by atoms with E-state index in [0.717, 1.165) is 12.8 Å². The van der Waals surface area contributed by atoms with E-state index in [-0.39, 0.29) is 11.7 Å². The lowest BCUT2D eigenvalue weighted by atomic mass is 10.2. The van der Waals surface area contributed by atoms with Crippen LogP contribution in [0.5, 0.6) is 11.6 Å². The van der Waals surface area contributed by atoms with E-state index in [1.807, 2.05) is 0 Å². The second-order valence-electron chi connectivity index (χ2n) is 5.26. The number of aryl methyl sites for hydroxylation is 1. The van der Waals surface area contributed by atoms with E-state index in [1.54, 1.807) is 13.0 Å². The number of nitrogens with zero attached hydrogens (tertiary/aromatic N) is 1. The molecular weight excluding hydrogens is 274 g/mol. The van der Waals surface area contributed by atoms with Crippen molar-refractivity contribution in [3.05, 3.63) is 53.2 Å². The van der Waals surface area contributed by atoms with Crippen LogP contribution in [0.4, 0.5) is 8.78 Å². The van der Waals surface area contributed by atoms with Crippen molar-refractivity contribution in [1.82, 2.24) is 10.3 Å². The topological polar surface area (TPSA) is 34.1 Å². The second-order valence-corrected chi connectivity index (χ2v) is 5.26. The van der Waals surface area contributed by atoms with Crippen LogP contribution in [0.25, 0.3) is 0 Å². The van der Waals surface area contributed by atoms with Gasteiger partial charge in [-0.15, -0.1) is 0 Å². The molecule has 0 radical (unpaired) electrons. The van der Waals surface area contributed by atoms with Crippen LogP contribution < -0.4 is 10.1 Å². The Labute approximate surface area is 122 Å². The lowest BCUT2D eigenvalue weighted by Gasteiger charge is -2.10. The number of benzene rings is 1. The van der Waals surface area contributed by atoms with Gasteiger partial charge in [-0.25, -0.2) is 13.8 Å². The van der Waals surface area contributed by atoms with Gasteiger partial charge >= 0.3 is 0 Å². The molecule has 1 heterocycles. The molecular formula is C16H16F2N2O. The number of ether oxygens (including phenoxy) is 1. The quantitative estimate of drug-likeness (QED) is 0.911. The number of halogens is 2. The van der Waals surface area contributed by atoms with E-state index < -0.39 is 5.82 Å². The molecule has 3 rings (SSSR count). The molecule has 1 aromatic carbocycles. The van der Waals surface area contributed by atoms with Crippen molar-refractivity contribution < 1.29 is 13.5 Å². The Hall–Kier alpha value is -2.01. The Morgan fingerprint density at radius 3 is 2.81 bits per heavy atom. The molecule has 1 fully saturated rings. The highest BCUT2D eigenvalue weighted by atomic mass is 19.1. The van der Waals surface area contributed by atoms with Gasteiger partial charge in [0.05, 0.1) is 0 Å². The smallest absolute Gasteiger partial charge is 0.256 e. The fourth-order valence-electron chi connectivity index (χ4n) is 2.00. The molecule has 0 aliphatic heterocycles. The maximum atomic E-state index is 14.3. The Bertz CT molecular complexity index is 657. The molecule has 1 aliphatic rings. The lowest BCUT2D eigenvalue weighted by Crippen LogP contribution is -2.16. The van der Waals surface area contributed by atoms with E-state index in [4.69, 9.17) is 4.74 Å². The number of hydrogen-bond acceptors (Lipinski definition) is 3. The van der Waals surface area contributed by atoms with Crippen molar-refractivity contribution in [2.75, 3.05) is 0 Å². The van der Waals surface area contributed by atoms with Gasteiger partial charge < -0.3 is 10.1 Å². The fourth-order valence-corrected chi connectivity index (χ4v) is 2.00. The third-order valence-electron chi connectivity index (χ3n) is 3.44. The third-order valence-corrected chi connectivity index (χ3v) is 3.44. The molecule has 2 aromatic rings. The van der Waals surface area contributed by atoms with Crippen LogP contribution in [0, 0.1) is 18.6 Å². The molecule has 0 saturated heterocycles. The predicted molar refractivity (Wildman–Crippen MR) is 75.3 cm³/mol. The summed E-state index contributed by atoms with van der Waals surface area (Å²) in [6.45, 7) is 2.08. The Kier molecular flexibility index (Phi) is 3.84. The lowest BCUT2D eigenvalue weighted by molar-refractivity contribution is 0.416. The summed E-state index contributed by atoms with van der Waals surface area (Å²) < 4.78 is 32.9. The SMILES string of the molecule is Cc1cc(Oc2nccc(CNC3CC3)c2F)ccc1F. The van der Waals surface area contributed by atoms with Gasteiger partial charge in [-0.2, -0.15) is 0 Å². The highest BCUT2D eigenvalue weighted by Gasteiger charge is 2.21. The number of nitrogens with one attached hydrogen (secondary N) is 1. The van der Waals surface area contributed by atoms with Crippen LogP contribution in [0.15, 0.2) is 30.5 Å². The third kappa shape index (κ3) is 3.36. The van der Waals surface area contributed by atoms with Crippen LogP contribution >= 0.6 is 0 Å². The van der Waals surface area contributed by atoms with Gasteiger partial charge in [-0.05, 0) is 49.6 Å². The minimum atomic E-state index is -0.479. The standard InChI is InChI=1S/C16H16F2N2O/c1-10-8-13(4-5-14(10)17)21-16-15(18)11(6-7-19-16)9-20-12-2-3-12/h4-8,12,20H,2-3,9H2,1H3. The van der Waals surface area contributed by atoms with Crippen molar-refractivity contribution in [2.45, 2.75) is 32.4 Å². The summed E-state index contributed by atoms with van der Waals surface area (Å²) in [5.41, 5.74) is 0.963. The van der Waals surface area contributed by atoms with Gasteiger partial charge in [0.1, 0.15) is 11.6 Å². The average molecular weight is 290 g/mol. The molecule has 3 nitrogen and oxygen atoms in total. The molecule has 110 valence electrons. The molecule has 0 bridgehead atoms. The van der Waals surface area contributed by atoms with Gasteiger partial charge in [0.2, 0.25) is 0 Å². The average Bonchev–Trinajstić information content (AvgIpc) is 3.28.